The maximum atomic E-state index is 13.5. The van der Waals surface area contributed by atoms with Crippen LogP contribution < -0.4 is 5.32 Å². The number of nitrogens with zero attached hydrogens (tertiary/aromatic N) is 1. The molecule has 0 saturated carbocycles. The highest BCUT2D eigenvalue weighted by Gasteiger charge is 2.11. The van der Waals surface area contributed by atoms with Crippen LogP contribution in [-0.4, -0.2) is 29.2 Å². The minimum atomic E-state index is -0.352. The van der Waals surface area contributed by atoms with Gasteiger partial charge in [-0.25, -0.2) is 9.18 Å². The summed E-state index contributed by atoms with van der Waals surface area (Å²) in [6.07, 6.45) is 2.89. The van der Waals surface area contributed by atoms with E-state index in [4.69, 9.17) is 5.11 Å². The quantitative estimate of drug-likeness (QED) is 0.861. The molecule has 0 spiro atoms. The van der Waals surface area contributed by atoms with Gasteiger partial charge in [0, 0.05) is 24.9 Å². The Hall–Kier alpha value is -2.66. The van der Waals surface area contributed by atoms with Gasteiger partial charge in [-0.1, -0.05) is 48.5 Å². The zero-order valence-corrected chi connectivity index (χ0v) is 12.7. The summed E-state index contributed by atoms with van der Waals surface area (Å²) in [4.78, 5) is 13.7. The average Bonchev–Trinajstić information content (AvgIpc) is 2.57. The number of urea groups is 1. The highest BCUT2D eigenvalue weighted by molar-refractivity contribution is 5.76. The number of benzene rings is 2. The number of halogens is 1. The molecule has 0 aromatic heterocycles. The van der Waals surface area contributed by atoms with Crippen molar-refractivity contribution < 1.29 is 14.3 Å². The lowest BCUT2D eigenvalue weighted by Crippen LogP contribution is -2.38. The molecule has 120 valence electrons. The Balaban J connectivity index is 1.97. The Morgan fingerprint density at radius 3 is 2.52 bits per heavy atom. The monoisotopic (exact) mass is 314 g/mol. The molecular weight excluding hydrogens is 295 g/mol. The van der Waals surface area contributed by atoms with E-state index in [0.29, 0.717) is 12.1 Å². The summed E-state index contributed by atoms with van der Waals surface area (Å²) in [5.74, 6) is -0.352. The topological polar surface area (TPSA) is 52.6 Å². The van der Waals surface area contributed by atoms with Gasteiger partial charge >= 0.3 is 6.03 Å². The van der Waals surface area contributed by atoms with Gasteiger partial charge in [0.2, 0.25) is 0 Å². The van der Waals surface area contributed by atoms with Crippen molar-refractivity contribution >= 4 is 12.1 Å². The molecule has 23 heavy (non-hydrogen) atoms. The lowest BCUT2D eigenvalue weighted by atomic mass is 10.2. The summed E-state index contributed by atoms with van der Waals surface area (Å²) in [5.41, 5.74) is 1.36. The SMILES string of the molecule is O=C(N/C=C/c1ccccc1F)N(CCO)Cc1ccccc1. The van der Waals surface area contributed by atoms with E-state index in [1.54, 1.807) is 18.2 Å². The van der Waals surface area contributed by atoms with Gasteiger partial charge in [-0.2, -0.15) is 0 Å². The zero-order chi connectivity index (χ0) is 16.5. The van der Waals surface area contributed by atoms with E-state index in [1.165, 1.54) is 23.2 Å². The van der Waals surface area contributed by atoms with Crippen molar-refractivity contribution in [1.82, 2.24) is 10.2 Å². The van der Waals surface area contributed by atoms with Gasteiger partial charge in [-0.15, -0.1) is 0 Å². The molecule has 2 rings (SSSR count). The molecule has 2 amide bonds. The summed E-state index contributed by atoms with van der Waals surface area (Å²) >= 11 is 0. The van der Waals surface area contributed by atoms with Gasteiger partial charge in [-0.3, -0.25) is 0 Å². The molecule has 0 aliphatic rings. The van der Waals surface area contributed by atoms with Crippen molar-refractivity contribution in [2.45, 2.75) is 6.54 Å². The Labute approximate surface area is 134 Å². The van der Waals surface area contributed by atoms with Crippen molar-refractivity contribution in [2.75, 3.05) is 13.2 Å². The first-order valence-electron chi connectivity index (χ1n) is 7.32. The van der Waals surface area contributed by atoms with E-state index < -0.39 is 0 Å². The second kappa shape index (κ2) is 8.70. The predicted molar refractivity (Wildman–Crippen MR) is 87.9 cm³/mol. The van der Waals surface area contributed by atoms with Crippen LogP contribution >= 0.6 is 0 Å². The third kappa shape index (κ3) is 5.23. The molecule has 2 N–H and O–H groups in total. The van der Waals surface area contributed by atoms with Gasteiger partial charge in [0.1, 0.15) is 5.82 Å². The van der Waals surface area contributed by atoms with Crippen molar-refractivity contribution in [3.05, 3.63) is 77.7 Å². The summed E-state index contributed by atoms with van der Waals surface area (Å²) in [5, 5.41) is 11.7. The third-order valence-electron chi connectivity index (χ3n) is 3.25. The lowest BCUT2D eigenvalue weighted by Gasteiger charge is -2.21. The molecule has 0 saturated heterocycles. The van der Waals surface area contributed by atoms with Crippen LogP contribution in [-0.2, 0) is 6.54 Å². The molecule has 0 fully saturated rings. The van der Waals surface area contributed by atoms with E-state index in [-0.39, 0.29) is 25.0 Å². The molecule has 0 heterocycles. The second-order valence-electron chi connectivity index (χ2n) is 4.94. The summed E-state index contributed by atoms with van der Waals surface area (Å²) < 4.78 is 13.5. The molecule has 2 aromatic rings. The molecular formula is C18H19FN2O2. The first-order chi connectivity index (χ1) is 11.2. The number of aliphatic hydroxyl groups is 1. The second-order valence-corrected chi connectivity index (χ2v) is 4.94. The number of amides is 2. The van der Waals surface area contributed by atoms with Crippen LogP contribution in [0.1, 0.15) is 11.1 Å². The highest BCUT2D eigenvalue weighted by Crippen LogP contribution is 2.08. The zero-order valence-electron chi connectivity index (χ0n) is 12.7. The smallest absolute Gasteiger partial charge is 0.321 e. The van der Waals surface area contributed by atoms with Gasteiger partial charge in [-0.05, 0) is 17.7 Å². The largest absolute Gasteiger partial charge is 0.395 e. The molecule has 4 nitrogen and oxygen atoms in total. The molecule has 0 aliphatic heterocycles. The van der Waals surface area contributed by atoms with Crippen LogP contribution in [0.2, 0.25) is 0 Å². The summed E-state index contributed by atoms with van der Waals surface area (Å²) in [6.45, 7) is 0.478. The molecule has 2 aromatic carbocycles. The van der Waals surface area contributed by atoms with Crippen LogP contribution in [0.25, 0.3) is 6.08 Å². The van der Waals surface area contributed by atoms with Crippen molar-refractivity contribution in [2.24, 2.45) is 0 Å². The van der Waals surface area contributed by atoms with Crippen LogP contribution in [0.5, 0.6) is 0 Å². The van der Waals surface area contributed by atoms with Gasteiger partial charge in [0.05, 0.1) is 6.61 Å². The Morgan fingerprint density at radius 1 is 1.13 bits per heavy atom. The third-order valence-corrected chi connectivity index (χ3v) is 3.25. The molecule has 0 unspecified atom stereocenters. The minimum Gasteiger partial charge on any atom is -0.395 e. The van der Waals surface area contributed by atoms with E-state index in [9.17, 15) is 9.18 Å². The van der Waals surface area contributed by atoms with E-state index in [0.717, 1.165) is 5.56 Å². The normalized spacial score (nSPS) is 10.7. The average molecular weight is 314 g/mol. The van der Waals surface area contributed by atoms with Crippen molar-refractivity contribution in [1.29, 1.82) is 0 Å². The Morgan fingerprint density at radius 2 is 1.83 bits per heavy atom. The first kappa shape index (κ1) is 16.7. The van der Waals surface area contributed by atoms with Crippen molar-refractivity contribution in [3.63, 3.8) is 0 Å². The van der Waals surface area contributed by atoms with Crippen LogP contribution in [0.3, 0.4) is 0 Å². The minimum absolute atomic E-state index is 0.128. The molecule has 5 heteroatoms. The Bertz CT molecular complexity index is 659. The van der Waals surface area contributed by atoms with Crippen LogP contribution in [0.4, 0.5) is 9.18 Å². The molecule has 0 radical (unpaired) electrons. The number of hydrogen-bond donors (Lipinski definition) is 2. The molecule has 0 aliphatic carbocycles. The number of carbonyl (C=O) groups excluding carboxylic acids is 1. The molecule has 0 bridgehead atoms. The highest BCUT2D eigenvalue weighted by atomic mass is 19.1. The van der Waals surface area contributed by atoms with Crippen LogP contribution in [0, 0.1) is 5.82 Å². The summed E-state index contributed by atoms with van der Waals surface area (Å²) in [6, 6.07) is 15.5. The number of rotatable bonds is 6. The van der Waals surface area contributed by atoms with Gasteiger partial charge in [0.15, 0.2) is 0 Å². The maximum Gasteiger partial charge on any atom is 0.321 e. The fraction of sp³-hybridized carbons (Fsp3) is 0.167. The predicted octanol–water partition coefficient (Wildman–Crippen LogP) is 3.00. The number of hydrogen-bond acceptors (Lipinski definition) is 2. The number of aliphatic hydroxyl groups excluding tert-OH is 1. The molecule has 0 atom stereocenters. The fourth-order valence-electron chi connectivity index (χ4n) is 2.08. The van der Waals surface area contributed by atoms with Gasteiger partial charge < -0.3 is 15.3 Å². The van der Waals surface area contributed by atoms with Crippen LogP contribution in [0.15, 0.2) is 60.8 Å². The van der Waals surface area contributed by atoms with E-state index >= 15 is 0 Å². The van der Waals surface area contributed by atoms with Gasteiger partial charge in [0.25, 0.3) is 0 Å². The maximum absolute atomic E-state index is 13.5. The summed E-state index contributed by atoms with van der Waals surface area (Å²) in [7, 11) is 0. The number of nitrogens with one attached hydrogen (secondary N) is 1. The first-order valence-corrected chi connectivity index (χ1v) is 7.32. The standard InChI is InChI=1S/C18H19FN2O2/c19-17-9-5-4-8-16(17)10-11-20-18(23)21(12-13-22)14-15-6-2-1-3-7-15/h1-11,22H,12-14H2,(H,20,23)/b11-10+. The lowest BCUT2D eigenvalue weighted by molar-refractivity contribution is 0.177. The van der Waals surface area contributed by atoms with E-state index in [1.807, 2.05) is 30.3 Å². The Kier molecular flexibility index (Phi) is 6.32. The van der Waals surface area contributed by atoms with Crippen molar-refractivity contribution in [3.8, 4) is 0 Å². The van der Waals surface area contributed by atoms with E-state index in [2.05, 4.69) is 5.32 Å². The fourth-order valence-corrected chi connectivity index (χ4v) is 2.08. The number of carbonyl (C=O) groups is 1.